The van der Waals surface area contributed by atoms with Gasteiger partial charge in [0.15, 0.2) is 0 Å². The number of rotatable bonds is 5. The molecule has 0 saturated heterocycles. The molecule has 0 aliphatic rings. The van der Waals surface area contributed by atoms with E-state index in [1.165, 1.54) is 0 Å². The smallest absolute Gasteiger partial charge is 0.337 e. The van der Waals surface area contributed by atoms with E-state index >= 15 is 0 Å². The van der Waals surface area contributed by atoms with Gasteiger partial charge < -0.3 is 9.29 Å². The van der Waals surface area contributed by atoms with Crippen LogP contribution >= 0.6 is 0 Å². The molecule has 7 heteroatoms. The summed E-state index contributed by atoms with van der Waals surface area (Å²) >= 11 is 0. The van der Waals surface area contributed by atoms with Gasteiger partial charge in [-0.25, -0.2) is 13.2 Å². The highest BCUT2D eigenvalue weighted by Crippen LogP contribution is 2.13. The molecule has 0 heterocycles. The van der Waals surface area contributed by atoms with Crippen LogP contribution in [0.5, 0.6) is 0 Å². The molecule has 0 aromatic rings. The van der Waals surface area contributed by atoms with E-state index in [2.05, 4.69) is 13.5 Å². The van der Waals surface area contributed by atoms with Gasteiger partial charge in [-0.1, -0.05) is 13.5 Å². The third-order valence-corrected chi connectivity index (χ3v) is 1.99. The minimum atomic E-state index is -3.92. The fourth-order valence-corrected chi connectivity index (χ4v) is 1.08. The highest BCUT2D eigenvalue weighted by molar-refractivity contribution is 7.84. The third kappa shape index (κ3) is 15.0. The number of carbonyl (C=O) groups is 1. The summed E-state index contributed by atoms with van der Waals surface area (Å²) in [7, 11) is 2.14. The normalized spacial score (nSPS) is 13.0. The van der Waals surface area contributed by atoms with Crippen molar-refractivity contribution >= 4 is 16.1 Å². The molecule has 1 unspecified atom stereocenters. The zero-order chi connectivity index (χ0) is 15.9. The van der Waals surface area contributed by atoms with Gasteiger partial charge in [0.1, 0.15) is 0 Å². The maximum Gasteiger partial charge on any atom is 0.337 e. The lowest BCUT2D eigenvalue weighted by molar-refractivity contribution is -0.917. The summed E-state index contributed by atoms with van der Waals surface area (Å²) in [6, 6.07) is 0. The van der Waals surface area contributed by atoms with Crippen LogP contribution in [0.2, 0.25) is 0 Å². The van der Waals surface area contributed by atoms with E-state index in [1.54, 1.807) is 6.92 Å². The summed E-state index contributed by atoms with van der Waals surface area (Å²) in [5.41, 5.74) is 0.458. The molecule has 6 nitrogen and oxygen atoms in total. The van der Waals surface area contributed by atoms with Crippen molar-refractivity contribution in [2.24, 2.45) is 0 Å². The predicted octanol–water partition coefficient (Wildman–Crippen LogP) is 1.10. The molecule has 0 aromatic heterocycles. The van der Waals surface area contributed by atoms with E-state index in [4.69, 9.17) is 17.7 Å². The van der Waals surface area contributed by atoms with Crippen LogP contribution in [0.25, 0.3) is 0 Å². The number of hydrogen-bond acceptors (Lipinski definition) is 5. The fraction of sp³-hybridized carbons (Fsp3) is 0.750. The molecule has 0 fully saturated rings. The Morgan fingerprint density at radius 3 is 1.95 bits per heavy atom. The molecular weight excluding hydrogens is 270 g/mol. The van der Waals surface area contributed by atoms with E-state index in [9.17, 15) is 4.79 Å². The molecule has 19 heavy (non-hydrogen) atoms. The lowest BCUT2D eigenvalue weighted by atomic mass is 10.2. The van der Waals surface area contributed by atoms with E-state index in [1.807, 2.05) is 21.1 Å². The van der Waals surface area contributed by atoms with Crippen molar-refractivity contribution < 1.29 is 27.0 Å². The molecule has 0 radical (unpaired) electrons. The minimum absolute atomic E-state index is 0.0794. The first-order valence-electron chi connectivity index (χ1n) is 5.87. The van der Waals surface area contributed by atoms with Gasteiger partial charge in [-0.3, -0.25) is 4.48 Å². The van der Waals surface area contributed by atoms with Crippen LogP contribution in [0.4, 0.5) is 0 Å². The Kier molecular flexibility index (Phi) is 8.90. The fourth-order valence-electron chi connectivity index (χ4n) is 1.08. The molecular formula is C12H25NO5S. The van der Waals surface area contributed by atoms with Gasteiger partial charge in [0.25, 0.3) is 0 Å². The van der Waals surface area contributed by atoms with Crippen LogP contribution in [0.1, 0.15) is 26.7 Å². The molecule has 0 amide bonds. The van der Waals surface area contributed by atoms with Crippen LogP contribution in [-0.2, 0) is 19.6 Å². The standard InChI is InChI=1S/C11H22NO2.CH4O3S/c1-7-8-10(12(4,5)6)14-11(13)9(2)3;1-5(2,3)4/h10H,2,7-8H2,1,3-6H3;1H3,(H,2,3,4)/q+1;/p-1. The number of ether oxygens (including phenoxy) is 1. The zero-order valence-electron chi connectivity index (χ0n) is 12.6. The highest BCUT2D eigenvalue weighted by atomic mass is 32.2. The molecule has 0 aromatic carbocycles. The molecule has 0 spiro atoms. The second kappa shape index (κ2) is 8.29. The molecule has 0 bridgehead atoms. The summed E-state index contributed by atoms with van der Waals surface area (Å²) in [5.74, 6) is -0.295. The van der Waals surface area contributed by atoms with Gasteiger partial charge in [0, 0.05) is 18.2 Å². The number of carbonyl (C=O) groups excluding carboxylic acids is 1. The van der Waals surface area contributed by atoms with Crippen LogP contribution in [0.3, 0.4) is 0 Å². The van der Waals surface area contributed by atoms with Crippen molar-refractivity contribution in [3.8, 4) is 0 Å². The second-order valence-electron chi connectivity index (χ2n) is 5.25. The average Bonchev–Trinajstić information content (AvgIpc) is 2.12. The lowest BCUT2D eigenvalue weighted by Crippen LogP contribution is -2.47. The lowest BCUT2D eigenvalue weighted by Gasteiger charge is -2.32. The SMILES string of the molecule is C=C(C)C(=O)OC(CCC)[N+](C)(C)C.CS(=O)(=O)[O-]. The number of nitrogens with zero attached hydrogens (tertiary/aromatic N) is 1. The van der Waals surface area contributed by atoms with Crippen LogP contribution in [0, 0.1) is 0 Å². The Hall–Kier alpha value is -0.920. The number of hydrogen-bond donors (Lipinski definition) is 0. The van der Waals surface area contributed by atoms with Crippen molar-refractivity contribution in [2.75, 3.05) is 27.4 Å². The number of esters is 1. The molecule has 0 N–H and O–H groups in total. The van der Waals surface area contributed by atoms with E-state index < -0.39 is 10.1 Å². The van der Waals surface area contributed by atoms with Gasteiger partial charge in [0.05, 0.1) is 31.3 Å². The Bertz CT molecular complexity index is 387. The van der Waals surface area contributed by atoms with Crippen molar-refractivity contribution in [1.82, 2.24) is 0 Å². The van der Waals surface area contributed by atoms with Crippen molar-refractivity contribution in [1.29, 1.82) is 0 Å². The summed E-state index contributed by atoms with van der Waals surface area (Å²) in [4.78, 5) is 11.3. The summed E-state index contributed by atoms with van der Waals surface area (Å²) in [6.45, 7) is 7.32. The molecule has 1 atom stereocenters. The first kappa shape index (κ1) is 20.4. The van der Waals surface area contributed by atoms with Crippen LogP contribution in [-0.4, -0.2) is 57.0 Å². The van der Waals surface area contributed by atoms with E-state index in [0.29, 0.717) is 16.3 Å². The number of quaternary nitrogens is 1. The largest absolute Gasteiger partial charge is 0.748 e. The minimum Gasteiger partial charge on any atom is -0.748 e. The molecule has 0 rings (SSSR count). The molecule has 0 aliphatic heterocycles. The van der Waals surface area contributed by atoms with E-state index in [-0.39, 0.29) is 12.2 Å². The quantitative estimate of drug-likeness (QED) is 0.249. The average molecular weight is 295 g/mol. The second-order valence-corrected chi connectivity index (χ2v) is 6.66. The van der Waals surface area contributed by atoms with Crippen molar-refractivity contribution in [2.45, 2.75) is 32.9 Å². The monoisotopic (exact) mass is 295 g/mol. The van der Waals surface area contributed by atoms with Crippen molar-refractivity contribution in [3.63, 3.8) is 0 Å². The maximum absolute atomic E-state index is 11.3. The topological polar surface area (TPSA) is 83.5 Å². The van der Waals surface area contributed by atoms with Gasteiger partial charge in [0.2, 0.25) is 6.23 Å². The predicted molar refractivity (Wildman–Crippen MR) is 73.3 cm³/mol. The maximum atomic E-state index is 11.3. The Morgan fingerprint density at radius 1 is 1.37 bits per heavy atom. The highest BCUT2D eigenvalue weighted by Gasteiger charge is 2.26. The summed E-state index contributed by atoms with van der Waals surface area (Å²) in [5, 5.41) is 0. The Morgan fingerprint density at radius 2 is 1.74 bits per heavy atom. The first-order valence-corrected chi connectivity index (χ1v) is 7.69. The third-order valence-electron chi connectivity index (χ3n) is 1.99. The zero-order valence-corrected chi connectivity index (χ0v) is 13.4. The molecule has 0 saturated carbocycles. The molecule has 114 valence electrons. The Balaban J connectivity index is 0. The summed E-state index contributed by atoms with van der Waals surface area (Å²) in [6.07, 6.45) is 2.41. The van der Waals surface area contributed by atoms with E-state index in [0.717, 1.165) is 12.8 Å². The van der Waals surface area contributed by atoms with Gasteiger partial charge >= 0.3 is 5.97 Å². The van der Waals surface area contributed by atoms with Gasteiger partial charge in [-0.15, -0.1) is 0 Å². The Labute approximate surface area is 116 Å². The van der Waals surface area contributed by atoms with Crippen molar-refractivity contribution in [3.05, 3.63) is 12.2 Å². The van der Waals surface area contributed by atoms with Gasteiger partial charge in [-0.2, -0.15) is 0 Å². The first-order chi connectivity index (χ1) is 8.29. The van der Waals surface area contributed by atoms with Gasteiger partial charge in [-0.05, 0) is 13.3 Å². The summed E-state index contributed by atoms with van der Waals surface area (Å²) < 4.78 is 33.2. The van der Waals surface area contributed by atoms with Crippen LogP contribution < -0.4 is 0 Å². The molecule has 0 aliphatic carbocycles. The van der Waals surface area contributed by atoms with Crippen LogP contribution in [0.15, 0.2) is 12.2 Å².